The average molecular weight is 403 g/mol. The Morgan fingerprint density at radius 2 is 1.97 bits per heavy atom. The van der Waals surface area contributed by atoms with Gasteiger partial charge in [-0.05, 0) is 105 Å². The van der Waals surface area contributed by atoms with Crippen LogP contribution in [0.4, 0.5) is 0 Å². The number of allylic oxidation sites excluding steroid dienone is 1. The molecule has 3 fully saturated rings. The maximum Gasteiger partial charge on any atom is 0.305 e. The van der Waals surface area contributed by atoms with E-state index in [1.54, 1.807) is 5.57 Å². The summed E-state index contributed by atoms with van der Waals surface area (Å²) in [5.41, 5.74) is 2.34. The molecule has 164 valence electrons. The lowest BCUT2D eigenvalue weighted by Crippen LogP contribution is -2.51. The van der Waals surface area contributed by atoms with Gasteiger partial charge < -0.3 is 9.84 Å². The molecule has 0 aromatic heterocycles. The predicted octanol–water partition coefficient (Wildman–Crippen LogP) is 5.91. The van der Waals surface area contributed by atoms with E-state index in [0.717, 1.165) is 36.5 Å². The number of fused-ring (bicyclic) bond motifs is 5. The minimum absolute atomic E-state index is 0.0261. The highest BCUT2D eigenvalue weighted by atomic mass is 16.5. The number of aliphatic hydroxyl groups excluding tert-OH is 1. The van der Waals surface area contributed by atoms with Crippen LogP contribution in [-0.2, 0) is 9.53 Å². The molecule has 4 rings (SSSR count). The summed E-state index contributed by atoms with van der Waals surface area (Å²) in [5, 5.41) is 10.2. The summed E-state index contributed by atoms with van der Waals surface area (Å²) in [6.07, 6.45) is 13.6. The molecule has 4 aliphatic rings. The van der Waals surface area contributed by atoms with Gasteiger partial charge >= 0.3 is 5.97 Å². The number of rotatable bonds is 5. The molecule has 0 spiro atoms. The lowest BCUT2D eigenvalue weighted by Gasteiger charge is -2.59. The van der Waals surface area contributed by atoms with E-state index >= 15 is 0 Å². The van der Waals surface area contributed by atoms with Crippen LogP contribution in [0.2, 0.25) is 0 Å². The molecule has 0 aromatic rings. The summed E-state index contributed by atoms with van der Waals surface area (Å²) in [6.45, 7) is 9.87. The molecule has 0 amide bonds. The molecule has 0 saturated heterocycles. The largest absolute Gasteiger partial charge is 0.466 e. The Morgan fingerprint density at radius 3 is 2.72 bits per heavy atom. The standard InChI is InChI=1S/C26H42O3/c1-5-29-24(28)11-6-17(2)21-9-10-22-20-8-7-18-16-19(27)12-14-25(18,3)23(20)13-15-26(21,22)4/h16-17,19-23,27H,5-15H2,1-4H3/t17-,19+,20+,21-,22+,23-,25-,26+/m0/s1. The molecule has 3 saturated carbocycles. The highest BCUT2D eigenvalue weighted by Gasteiger charge is 2.59. The number of hydrogen-bond acceptors (Lipinski definition) is 3. The van der Waals surface area contributed by atoms with Crippen LogP contribution in [0.1, 0.15) is 91.9 Å². The van der Waals surface area contributed by atoms with Gasteiger partial charge in [0.05, 0.1) is 12.7 Å². The van der Waals surface area contributed by atoms with Crippen molar-refractivity contribution in [3.63, 3.8) is 0 Å². The van der Waals surface area contributed by atoms with E-state index in [4.69, 9.17) is 4.74 Å². The van der Waals surface area contributed by atoms with E-state index in [1.165, 1.54) is 44.9 Å². The van der Waals surface area contributed by atoms with E-state index < -0.39 is 0 Å². The first-order chi connectivity index (χ1) is 13.8. The first-order valence-electron chi connectivity index (χ1n) is 12.3. The van der Waals surface area contributed by atoms with Crippen LogP contribution in [-0.4, -0.2) is 23.8 Å². The monoisotopic (exact) mass is 402 g/mol. The first kappa shape index (κ1) is 21.4. The highest BCUT2D eigenvalue weighted by molar-refractivity contribution is 5.69. The Hall–Kier alpha value is -0.830. The molecular weight excluding hydrogens is 360 g/mol. The van der Waals surface area contributed by atoms with Crippen LogP contribution in [0, 0.1) is 40.4 Å². The molecule has 0 radical (unpaired) electrons. The van der Waals surface area contributed by atoms with Crippen molar-refractivity contribution in [2.24, 2.45) is 40.4 Å². The number of carbonyl (C=O) groups is 1. The predicted molar refractivity (Wildman–Crippen MR) is 116 cm³/mol. The molecule has 0 aliphatic heterocycles. The van der Waals surface area contributed by atoms with Gasteiger partial charge in [-0.3, -0.25) is 4.79 Å². The van der Waals surface area contributed by atoms with Crippen LogP contribution in [0.15, 0.2) is 11.6 Å². The van der Waals surface area contributed by atoms with Crippen molar-refractivity contribution in [1.29, 1.82) is 0 Å². The normalized spacial score (nSPS) is 44.9. The van der Waals surface area contributed by atoms with E-state index in [-0.39, 0.29) is 12.1 Å². The number of esters is 1. The third-order valence-electron chi connectivity index (χ3n) is 9.96. The van der Waals surface area contributed by atoms with Gasteiger partial charge in [0.25, 0.3) is 0 Å². The quantitative estimate of drug-likeness (QED) is 0.459. The molecule has 29 heavy (non-hydrogen) atoms. The lowest BCUT2D eigenvalue weighted by molar-refractivity contribution is -0.143. The van der Waals surface area contributed by atoms with E-state index in [1.807, 2.05) is 6.92 Å². The Kier molecular flexibility index (Phi) is 5.92. The van der Waals surface area contributed by atoms with Crippen LogP contribution in [0.3, 0.4) is 0 Å². The van der Waals surface area contributed by atoms with E-state index in [2.05, 4.69) is 26.8 Å². The summed E-state index contributed by atoms with van der Waals surface area (Å²) < 4.78 is 5.16. The molecule has 0 aromatic carbocycles. The second-order valence-electron chi connectivity index (χ2n) is 11.2. The minimum Gasteiger partial charge on any atom is -0.466 e. The minimum atomic E-state index is -0.209. The van der Waals surface area contributed by atoms with Crippen molar-refractivity contribution in [1.82, 2.24) is 0 Å². The Labute approximate surface area is 177 Å². The second kappa shape index (κ2) is 8.02. The van der Waals surface area contributed by atoms with Crippen LogP contribution in [0.25, 0.3) is 0 Å². The molecule has 3 heteroatoms. The fourth-order valence-corrected chi connectivity index (χ4v) is 8.47. The first-order valence-corrected chi connectivity index (χ1v) is 12.3. The van der Waals surface area contributed by atoms with Crippen molar-refractivity contribution in [2.45, 2.75) is 98.0 Å². The van der Waals surface area contributed by atoms with Crippen molar-refractivity contribution >= 4 is 5.97 Å². The fraction of sp³-hybridized carbons (Fsp3) is 0.885. The summed E-state index contributed by atoms with van der Waals surface area (Å²) in [7, 11) is 0. The summed E-state index contributed by atoms with van der Waals surface area (Å²) in [6, 6.07) is 0. The molecule has 8 atom stereocenters. The lowest BCUT2D eigenvalue weighted by atomic mass is 9.46. The topological polar surface area (TPSA) is 46.5 Å². The molecule has 0 bridgehead atoms. The maximum absolute atomic E-state index is 11.9. The maximum atomic E-state index is 11.9. The van der Waals surface area contributed by atoms with Gasteiger partial charge in [-0.2, -0.15) is 0 Å². The van der Waals surface area contributed by atoms with Crippen LogP contribution in [0.5, 0.6) is 0 Å². The van der Waals surface area contributed by atoms with Gasteiger partial charge in [0.15, 0.2) is 0 Å². The van der Waals surface area contributed by atoms with E-state index in [9.17, 15) is 9.90 Å². The zero-order valence-corrected chi connectivity index (χ0v) is 19.1. The highest BCUT2D eigenvalue weighted by Crippen LogP contribution is 2.67. The number of hydrogen-bond donors (Lipinski definition) is 1. The van der Waals surface area contributed by atoms with E-state index in [0.29, 0.717) is 29.8 Å². The molecule has 4 aliphatic carbocycles. The van der Waals surface area contributed by atoms with Crippen molar-refractivity contribution in [3.05, 3.63) is 11.6 Å². The third kappa shape index (κ3) is 3.60. The third-order valence-corrected chi connectivity index (χ3v) is 9.96. The van der Waals surface area contributed by atoms with Gasteiger partial charge in [-0.1, -0.05) is 32.4 Å². The van der Waals surface area contributed by atoms with Crippen molar-refractivity contribution in [3.8, 4) is 0 Å². The zero-order valence-electron chi connectivity index (χ0n) is 19.1. The summed E-state index contributed by atoms with van der Waals surface area (Å²) in [5.74, 6) is 3.84. The van der Waals surface area contributed by atoms with Crippen molar-refractivity contribution in [2.75, 3.05) is 6.61 Å². The summed E-state index contributed by atoms with van der Waals surface area (Å²) in [4.78, 5) is 11.9. The SMILES string of the molecule is CCOC(=O)CC[C@H](C)[C@@H]1CC[C@@H]2[C@H]3CCC4=C[C@H](O)CC[C@]4(C)[C@H]3CC[C@@]21C. The Balaban J connectivity index is 1.47. The second-order valence-corrected chi connectivity index (χ2v) is 11.2. The molecule has 1 N–H and O–H groups in total. The van der Waals surface area contributed by atoms with Gasteiger partial charge in [0, 0.05) is 6.42 Å². The molecule has 0 heterocycles. The van der Waals surface area contributed by atoms with Gasteiger partial charge in [-0.15, -0.1) is 0 Å². The number of aliphatic hydroxyl groups is 1. The Bertz CT molecular complexity index is 654. The Morgan fingerprint density at radius 1 is 1.17 bits per heavy atom. The van der Waals surface area contributed by atoms with Crippen molar-refractivity contribution < 1.29 is 14.6 Å². The smallest absolute Gasteiger partial charge is 0.305 e. The molecule has 3 nitrogen and oxygen atoms in total. The average Bonchev–Trinajstić information content (AvgIpc) is 3.04. The van der Waals surface area contributed by atoms with Crippen LogP contribution < -0.4 is 0 Å². The molecule has 0 unspecified atom stereocenters. The number of ether oxygens (including phenoxy) is 1. The summed E-state index contributed by atoms with van der Waals surface area (Å²) >= 11 is 0. The number of carbonyl (C=O) groups excluding carboxylic acids is 1. The fourth-order valence-electron chi connectivity index (χ4n) is 8.47. The van der Waals surface area contributed by atoms with Gasteiger partial charge in [0.1, 0.15) is 0 Å². The molecular formula is C26H42O3. The zero-order chi connectivity index (χ0) is 20.8. The van der Waals surface area contributed by atoms with Crippen LogP contribution >= 0.6 is 0 Å². The van der Waals surface area contributed by atoms with Gasteiger partial charge in [-0.25, -0.2) is 0 Å². The van der Waals surface area contributed by atoms with Gasteiger partial charge in [0.2, 0.25) is 0 Å².